The van der Waals surface area contributed by atoms with Gasteiger partial charge in [-0.15, -0.1) is 0 Å². The minimum absolute atomic E-state index is 0.919. The molecule has 5 aromatic carbocycles. The zero-order valence-corrected chi connectivity index (χ0v) is 23.2. The van der Waals surface area contributed by atoms with Crippen LogP contribution < -0.4 is 0 Å². The zero-order chi connectivity index (χ0) is 27.2. The third-order valence-electron chi connectivity index (χ3n) is 9.49. The average Bonchev–Trinajstić information content (AvgIpc) is 3.51. The van der Waals surface area contributed by atoms with Gasteiger partial charge in [0.25, 0.3) is 0 Å². The molecule has 2 aliphatic carbocycles. The highest BCUT2D eigenvalue weighted by atomic mass is 14.8. The Bertz CT molecular complexity index is 2190. The summed E-state index contributed by atoms with van der Waals surface area (Å²) in [6.07, 6.45) is 1.86. The van der Waals surface area contributed by atoms with Crippen molar-refractivity contribution in [2.24, 2.45) is 4.99 Å². The molecule has 2 heteroatoms. The van der Waals surface area contributed by atoms with Gasteiger partial charge in [-0.1, -0.05) is 103 Å². The monoisotopic (exact) mass is 524 g/mol. The summed E-state index contributed by atoms with van der Waals surface area (Å²) in [5.74, 6) is 0. The third-order valence-corrected chi connectivity index (χ3v) is 9.49. The summed E-state index contributed by atoms with van der Waals surface area (Å²) in [4.78, 5) is 9.46. The molecule has 2 nitrogen and oxygen atoms in total. The Hall–Kier alpha value is -4.95. The number of rotatable bonds is 2. The quantitative estimate of drug-likeness (QED) is 0.233. The van der Waals surface area contributed by atoms with Crippen molar-refractivity contribution in [2.75, 3.05) is 0 Å². The van der Waals surface area contributed by atoms with E-state index in [1.165, 1.54) is 88.6 Å². The van der Waals surface area contributed by atoms with Crippen LogP contribution in [0.3, 0.4) is 0 Å². The number of H-pyrrole nitrogens is 1. The molecule has 0 radical (unpaired) electrons. The van der Waals surface area contributed by atoms with E-state index in [0.717, 1.165) is 24.3 Å². The molecule has 2 heterocycles. The van der Waals surface area contributed by atoms with Gasteiger partial charge in [0.2, 0.25) is 0 Å². The number of hydrogen-bond donors (Lipinski definition) is 1. The molecule has 0 bridgehead atoms. The van der Waals surface area contributed by atoms with Gasteiger partial charge in [0.1, 0.15) is 0 Å². The van der Waals surface area contributed by atoms with E-state index in [9.17, 15) is 0 Å². The van der Waals surface area contributed by atoms with Gasteiger partial charge in [-0.2, -0.15) is 0 Å². The van der Waals surface area contributed by atoms with Crippen LogP contribution in [0.5, 0.6) is 0 Å². The molecule has 3 aliphatic rings. The van der Waals surface area contributed by atoms with Gasteiger partial charge in [-0.3, -0.25) is 0 Å². The van der Waals surface area contributed by atoms with E-state index < -0.39 is 0 Å². The van der Waals surface area contributed by atoms with Crippen molar-refractivity contribution >= 4 is 32.8 Å². The summed E-state index contributed by atoms with van der Waals surface area (Å²) in [6.45, 7) is 4.56. The second kappa shape index (κ2) is 8.28. The Kier molecular flexibility index (Phi) is 4.61. The molecule has 9 rings (SSSR count). The van der Waals surface area contributed by atoms with Crippen LogP contribution in [0.4, 0.5) is 0 Å². The minimum atomic E-state index is 0.919. The molecule has 0 atom stereocenters. The minimum Gasteiger partial charge on any atom is -0.354 e. The highest BCUT2D eigenvalue weighted by molar-refractivity contribution is 6.25. The summed E-state index contributed by atoms with van der Waals surface area (Å²) in [5, 5.41) is 5.33. The van der Waals surface area contributed by atoms with Crippen LogP contribution in [0.2, 0.25) is 0 Å². The van der Waals surface area contributed by atoms with E-state index in [-0.39, 0.29) is 0 Å². The lowest BCUT2D eigenvalue weighted by Crippen LogP contribution is -2.12. The van der Waals surface area contributed by atoms with Crippen LogP contribution in [-0.4, -0.2) is 10.7 Å². The molecule has 1 aliphatic heterocycles. The van der Waals surface area contributed by atoms with Crippen molar-refractivity contribution in [1.29, 1.82) is 0 Å². The molecule has 194 valence electrons. The molecule has 0 fully saturated rings. The van der Waals surface area contributed by atoms with E-state index in [0.29, 0.717) is 0 Å². The molecular weight excluding hydrogens is 496 g/mol. The van der Waals surface area contributed by atoms with E-state index >= 15 is 0 Å². The summed E-state index contributed by atoms with van der Waals surface area (Å²) in [6, 6.07) is 37.5. The van der Waals surface area contributed by atoms with Gasteiger partial charge >= 0.3 is 0 Å². The fourth-order valence-electron chi connectivity index (χ4n) is 7.52. The normalized spacial score (nSPS) is 16.2. The SMILES string of the molecule is CC1=C2Cc3cccc4cccc(c34)C2=N/C1=C(/c1ccccc1)c1[nH]c2c(c1C)Cc1cccc3cccc-2c13. The molecule has 0 saturated heterocycles. The molecule has 41 heavy (non-hydrogen) atoms. The van der Waals surface area contributed by atoms with Gasteiger partial charge < -0.3 is 4.98 Å². The van der Waals surface area contributed by atoms with E-state index in [2.05, 4.69) is 122 Å². The molecule has 0 saturated carbocycles. The molecule has 1 aromatic heterocycles. The molecule has 6 aromatic rings. The first-order valence-corrected chi connectivity index (χ1v) is 14.5. The third kappa shape index (κ3) is 3.10. The maximum absolute atomic E-state index is 5.50. The molecule has 0 spiro atoms. The average molecular weight is 525 g/mol. The Morgan fingerprint density at radius 1 is 0.659 bits per heavy atom. The number of nitrogens with zero attached hydrogens (tertiary/aromatic N) is 1. The van der Waals surface area contributed by atoms with E-state index in [4.69, 9.17) is 4.99 Å². The lowest BCUT2D eigenvalue weighted by molar-refractivity contribution is 1.18. The van der Waals surface area contributed by atoms with Crippen LogP contribution in [-0.2, 0) is 12.8 Å². The largest absolute Gasteiger partial charge is 0.354 e. The topological polar surface area (TPSA) is 28.1 Å². The van der Waals surface area contributed by atoms with Crippen molar-refractivity contribution in [3.63, 3.8) is 0 Å². The number of aliphatic imine (C=N–C) groups is 1. The standard InChI is InChI=1S/C39H28N2/c1-22-31-20-27-16-6-12-24-14-8-18-29(33(24)27)38(31)40-36(22)35(26-10-4-3-5-11-26)37-23(2)32-21-28-17-7-13-25-15-9-19-30(34(25)28)39(32)41-37/h3-19,40H,20-21H2,1-2H3/b37-35-. The Morgan fingerprint density at radius 3 is 2.02 bits per heavy atom. The highest BCUT2D eigenvalue weighted by Gasteiger charge is 2.32. The van der Waals surface area contributed by atoms with Crippen molar-refractivity contribution in [2.45, 2.75) is 26.7 Å². The van der Waals surface area contributed by atoms with Gasteiger partial charge in [0.15, 0.2) is 0 Å². The number of nitrogens with one attached hydrogen (secondary N) is 1. The Labute approximate surface area is 239 Å². The number of fused-ring (bicyclic) bond motifs is 4. The predicted octanol–water partition coefficient (Wildman–Crippen LogP) is 9.34. The van der Waals surface area contributed by atoms with Crippen LogP contribution in [0.25, 0.3) is 38.4 Å². The van der Waals surface area contributed by atoms with Crippen molar-refractivity contribution in [3.05, 3.63) is 159 Å². The molecule has 0 amide bonds. The number of allylic oxidation sites excluding steroid dienone is 2. The number of hydrogen-bond acceptors (Lipinski definition) is 1. The van der Waals surface area contributed by atoms with Crippen LogP contribution in [0.15, 0.2) is 125 Å². The summed E-state index contributed by atoms with van der Waals surface area (Å²) >= 11 is 0. The van der Waals surface area contributed by atoms with Gasteiger partial charge in [0.05, 0.1) is 22.8 Å². The first kappa shape index (κ1) is 22.8. The fraction of sp³-hybridized carbons (Fsp3) is 0.103. The first-order chi connectivity index (χ1) is 20.2. The summed E-state index contributed by atoms with van der Waals surface area (Å²) < 4.78 is 0. The number of benzene rings is 5. The smallest absolute Gasteiger partial charge is 0.0769 e. The number of aromatic nitrogens is 1. The fourth-order valence-corrected chi connectivity index (χ4v) is 7.52. The molecular formula is C39H28N2. The maximum Gasteiger partial charge on any atom is 0.0769 e. The maximum atomic E-state index is 5.50. The highest BCUT2D eigenvalue weighted by Crippen LogP contribution is 2.46. The lowest BCUT2D eigenvalue weighted by atomic mass is 9.83. The van der Waals surface area contributed by atoms with Crippen LogP contribution >= 0.6 is 0 Å². The van der Waals surface area contributed by atoms with Gasteiger partial charge in [-0.25, -0.2) is 4.99 Å². The van der Waals surface area contributed by atoms with Crippen LogP contribution in [0.1, 0.15) is 46.0 Å². The second-order valence-electron chi connectivity index (χ2n) is 11.6. The Morgan fingerprint density at radius 2 is 1.29 bits per heavy atom. The molecule has 1 N–H and O–H groups in total. The Balaban J connectivity index is 1.33. The van der Waals surface area contributed by atoms with Crippen LogP contribution in [0, 0.1) is 6.92 Å². The van der Waals surface area contributed by atoms with Crippen molar-refractivity contribution in [3.8, 4) is 11.3 Å². The second-order valence-corrected chi connectivity index (χ2v) is 11.6. The molecule has 0 unspecified atom stereocenters. The number of aromatic amines is 1. The van der Waals surface area contributed by atoms with Crippen molar-refractivity contribution < 1.29 is 0 Å². The predicted molar refractivity (Wildman–Crippen MR) is 171 cm³/mol. The lowest BCUT2D eigenvalue weighted by Gasteiger charge is -2.20. The van der Waals surface area contributed by atoms with E-state index in [1.807, 2.05) is 0 Å². The van der Waals surface area contributed by atoms with Crippen molar-refractivity contribution in [1.82, 2.24) is 4.98 Å². The summed E-state index contributed by atoms with van der Waals surface area (Å²) in [5.41, 5.74) is 17.7. The van der Waals surface area contributed by atoms with Gasteiger partial charge in [-0.05, 0) is 74.4 Å². The summed E-state index contributed by atoms with van der Waals surface area (Å²) in [7, 11) is 0. The first-order valence-electron chi connectivity index (χ1n) is 14.5. The van der Waals surface area contributed by atoms with E-state index in [1.54, 1.807) is 0 Å². The van der Waals surface area contributed by atoms with Gasteiger partial charge in [0, 0.05) is 29.5 Å². The zero-order valence-electron chi connectivity index (χ0n) is 23.2.